The predicted octanol–water partition coefficient (Wildman–Crippen LogP) is 4.80. The van der Waals surface area contributed by atoms with E-state index < -0.39 is 0 Å². The second-order valence-electron chi connectivity index (χ2n) is 9.68. The second-order valence-corrected chi connectivity index (χ2v) is 9.68. The van der Waals surface area contributed by atoms with Crippen LogP contribution in [0.1, 0.15) is 78.6 Å². The van der Waals surface area contributed by atoms with Crippen LogP contribution in [0, 0.1) is 40.4 Å². The third-order valence-electron chi connectivity index (χ3n) is 8.97. The lowest BCUT2D eigenvalue weighted by molar-refractivity contribution is -0.143. The Labute approximate surface area is 140 Å². The van der Waals surface area contributed by atoms with Crippen molar-refractivity contribution in [1.82, 2.24) is 0 Å². The Hall–Kier alpha value is -0.660. The first-order valence-corrected chi connectivity index (χ1v) is 9.88. The van der Waals surface area contributed by atoms with Crippen molar-refractivity contribution in [3.05, 3.63) is 0 Å². The van der Waals surface area contributed by atoms with E-state index in [9.17, 15) is 9.59 Å². The van der Waals surface area contributed by atoms with Gasteiger partial charge in [0.25, 0.3) is 0 Å². The van der Waals surface area contributed by atoms with E-state index in [0.717, 1.165) is 43.4 Å². The standard InChI is InChI=1S/C21H32O2/c1-13(22)17-6-7-18-16-5-4-14-12-15(23)8-10-20(14,2)19(16)9-11-21(17,18)3/h14,16-19H,4-12H2,1-3H3/t14-,16+,17-,18+,19-,20+,21-/m1/s1. The first-order valence-electron chi connectivity index (χ1n) is 9.88. The topological polar surface area (TPSA) is 34.1 Å². The SMILES string of the molecule is CC(=O)[C@H]1CC[C@H]2[C@@H]3CC[C@@H]4CC(=O)CC[C@]4(C)[C@@H]3CC[C@]12C. The van der Waals surface area contributed by atoms with Gasteiger partial charge < -0.3 is 0 Å². The van der Waals surface area contributed by atoms with E-state index in [0.29, 0.717) is 28.8 Å². The summed E-state index contributed by atoms with van der Waals surface area (Å²) >= 11 is 0. The summed E-state index contributed by atoms with van der Waals surface area (Å²) in [5.74, 6) is 4.25. The number of rotatable bonds is 1. The average Bonchev–Trinajstić information content (AvgIpc) is 2.85. The van der Waals surface area contributed by atoms with Gasteiger partial charge in [0.05, 0.1) is 0 Å². The van der Waals surface area contributed by atoms with Crippen LogP contribution in [0.4, 0.5) is 0 Å². The highest BCUT2D eigenvalue weighted by molar-refractivity contribution is 5.80. The van der Waals surface area contributed by atoms with Gasteiger partial charge >= 0.3 is 0 Å². The highest BCUT2D eigenvalue weighted by Crippen LogP contribution is 2.67. The summed E-state index contributed by atoms with van der Waals surface area (Å²) in [6.07, 6.45) is 10.3. The van der Waals surface area contributed by atoms with E-state index in [2.05, 4.69) is 13.8 Å². The Bertz CT molecular complexity index is 538. The number of Topliss-reactive ketones (excluding diaryl/α,β-unsaturated/α-hetero) is 2. The predicted molar refractivity (Wildman–Crippen MR) is 90.9 cm³/mol. The average molecular weight is 316 g/mol. The van der Waals surface area contributed by atoms with E-state index in [4.69, 9.17) is 0 Å². The Morgan fingerprint density at radius 2 is 1.70 bits per heavy atom. The maximum Gasteiger partial charge on any atom is 0.133 e. The monoisotopic (exact) mass is 316 g/mol. The van der Waals surface area contributed by atoms with Crippen molar-refractivity contribution >= 4 is 11.6 Å². The minimum atomic E-state index is 0.265. The van der Waals surface area contributed by atoms with Gasteiger partial charge in [0, 0.05) is 18.8 Å². The Balaban J connectivity index is 1.63. The van der Waals surface area contributed by atoms with Crippen molar-refractivity contribution in [2.75, 3.05) is 0 Å². The van der Waals surface area contributed by atoms with Crippen LogP contribution in [0.15, 0.2) is 0 Å². The first-order chi connectivity index (χ1) is 10.9. The van der Waals surface area contributed by atoms with E-state index >= 15 is 0 Å². The second kappa shape index (κ2) is 5.17. The van der Waals surface area contributed by atoms with E-state index in [1.807, 2.05) is 6.92 Å². The molecule has 0 aromatic heterocycles. The summed E-state index contributed by atoms with van der Waals surface area (Å²) in [5, 5.41) is 0. The van der Waals surface area contributed by atoms with Crippen molar-refractivity contribution in [2.45, 2.75) is 78.6 Å². The van der Waals surface area contributed by atoms with Crippen molar-refractivity contribution in [3.63, 3.8) is 0 Å². The molecule has 0 spiro atoms. The smallest absolute Gasteiger partial charge is 0.133 e. The number of fused-ring (bicyclic) bond motifs is 5. The van der Waals surface area contributed by atoms with Gasteiger partial charge in [-0.05, 0) is 86.4 Å². The Morgan fingerprint density at radius 3 is 2.43 bits per heavy atom. The quantitative estimate of drug-likeness (QED) is 0.696. The summed E-state index contributed by atoms with van der Waals surface area (Å²) < 4.78 is 0. The fourth-order valence-corrected chi connectivity index (χ4v) is 7.71. The molecule has 0 saturated heterocycles. The minimum Gasteiger partial charge on any atom is -0.300 e. The number of hydrogen-bond acceptors (Lipinski definition) is 2. The zero-order valence-electron chi connectivity index (χ0n) is 15.1. The van der Waals surface area contributed by atoms with Crippen LogP contribution in [0.25, 0.3) is 0 Å². The van der Waals surface area contributed by atoms with Gasteiger partial charge in [0.15, 0.2) is 0 Å². The van der Waals surface area contributed by atoms with Gasteiger partial charge in [0.2, 0.25) is 0 Å². The molecule has 4 aliphatic rings. The van der Waals surface area contributed by atoms with Crippen LogP contribution in [0.2, 0.25) is 0 Å². The van der Waals surface area contributed by atoms with Crippen LogP contribution < -0.4 is 0 Å². The zero-order chi connectivity index (χ0) is 16.4. The fraction of sp³-hybridized carbons (Fsp3) is 0.905. The molecular formula is C21H32O2. The number of ketones is 2. The third kappa shape index (κ3) is 2.12. The van der Waals surface area contributed by atoms with Gasteiger partial charge in [0.1, 0.15) is 11.6 Å². The van der Waals surface area contributed by atoms with Gasteiger partial charge in [-0.1, -0.05) is 13.8 Å². The molecule has 0 radical (unpaired) electrons. The number of carbonyl (C=O) groups is 2. The molecule has 4 aliphatic carbocycles. The molecule has 0 amide bonds. The van der Waals surface area contributed by atoms with E-state index in [1.165, 1.54) is 32.1 Å². The molecule has 2 heteroatoms. The van der Waals surface area contributed by atoms with Crippen molar-refractivity contribution in [1.29, 1.82) is 0 Å². The van der Waals surface area contributed by atoms with Gasteiger partial charge in [-0.2, -0.15) is 0 Å². The maximum atomic E-state index is 12.2. The molecule has 0 aliphatic heterocycles. The lowest BCUT2D eigenvalue weighted by Gasteiger charge is -2.60. The molecular weight excluding hydrogens is 284 g/mol. The van der Waals surface area contributed by atoms with E-state index in [-0.39, 0.29) is 5.41 Å². The van der Waals surface area contributed by atoms with Crippen LogP contribution in [0.5, 0.6) is 0 Å². The fourth-order valence-electron chi connectivity index (χ4n) is 7.71. The highest BCUT2D eigenvalue weighted by Gasteiger charge is 2.60. The Kier molecular flexibility index (Phi) is 3.56. The summed E-state index contributed by atoms with van der Waals surface area (Å²) in [6, 6.07) is 0. The largest absolute Gasteiger partial charge is 0.300 e. The highest BCUT2D eigenvalue weighted by atomic mass is 16.1. The molecule has 0 N–H and O–H groups in total. The van der Waals surface area contributed by atoms with Gasteiger partial charge in [-0.25, -0.2) is 0 Å². The van der Waals surface area contributed by atoms with Crippen molar-refractivity contribution in [3.8, 4) is 0 Å². The van der Waals surface area contributed by atoms with Crippen LogP contribution in [-0.4, -0.2) is 11.6 Å². The van der Waals surface area contributed by atoms with Crippen molar-refractivity contribution < 1.29 is 9.59 Å². The molecule has 23 heavy (non-hydrogen) atoms. The molecule has 0 aromatic rings. The normalized spacial score (nSPS) is 52.5. The molecule has 7 atom stereocenters. The Morgan fingerprint density at radius 1 is 0.957 bits per heavy atom. The lowest BCUT2D eigenvalue weighted by Crippen LogP contribution is -2.53. The molecule has 4 saturated carbocycles. The molecule has 0 unspecified atom stereocenters. The summed E-state index contributed by atoms with van der Waals surface area (Å²) in [7, 11) is 0. The van der Waals surface area contributed by atoms with Crippen LogP contribution in [0.3, 0.4) is 0 Å². The molecule has 0 bridgehead atoms. The van der Waals surface area contributed by atoms with Gasteiger partial charge in [-0.15, -0.1) is 0 Å². The number of carbonyl (C=O) groups excluding carboxylic acids is 2. The molecule has 0 heterocycles. The molecule has 0 aromatic carbocycles. The van der Waals surface area contributed by atoms with E-state index in [1.54, 1.807) is 0 Å². The summed E-state index contributed by atoms with van der Waals surface area (Å²) in [5.41, 5.74) is 0.660. The minimum absolute atomic E-state index is 0.265. The zero-order valence-corrected chi connectivity index (χ0v) is 15.1. The summed E-state index contributed by atoms with van der Waals surface area (Å²) in [4.78, 5) is 24.1. The van der Waals surface area contributed by atoms with Crippen molar-refractivity contribution in [2.24, 2.45) is 40.4 Å². The summed E-state index contributed by atoms with van der Waals surface area (Å²) in [6.45, 7) is 6.74. The molecule has 128 valence electrons. The maximum absolute atomic E-state index is 12.2. The molecule has 4 fully saturated rings. The van der Waals surface area contributed by atoms with Crippen LogP contribution in [-0.2, 0) is 9.59 Å². The lowest BCUT2D eigenvalue weighted by atomic mass is 9.44. The third-order valence-corrected chi connectivity index (χ3v) is 8.97. The van der Waals surface area contributed by atoms with Gasteiger partial charge in [-0.3, -0.25) is 9.59 Å². The molecule has 4 rings (SSSR count). The number of hydrogen-bond donors (Lipinski definition) is 0. The first kappa shape index (κ1) is 15.8. The molecule has 2 nitrogen and oxygen atoms in total. The van der Waals surface area contributed by atoms with Crippen LogP contribution >= 0.6 is 0 Å².